The van der Waals surface area contributed by atoms with E-state index in [9.17, 15) is 0 Å². The Labute approximate surface area is 108 Å². The first-order chi connectivity index (χ1) is 8.29. The molecule has 0 saturated heterocycles. The molecule has 0 amide bonds. The Morgan fingerprint density at radius 3 is 3.12 bits per heavy atom. The second-order valence-electron chi connectivity index (χ2n) is 3.42. The summed E-state index contributed by atoms with van der Waals surface area (Å²) in [5.74, 6) is 0.867. The summed E-state index contributed by atoms with van der Waals surface area (Å²) in [6, 6.07) is 0. The highest BCUT2D eigenvalue weighted by Gasteiger charge is 2.07. The minimum Gasteiger partial charge on any atom is -0.318 e. The lowest BCUT2D eigenvalue weighted by molar-refractivity contribution is 0.530. The van der Waals surface area contributed by atoms with Crippen molar-refractivity contribution >= 4 is 23.1 Å². The number of nitrogens with zero attached hydrogens (tertiary/aromatic N) is 5. The fourth-order valence-corrected chi connectivity index (χ4v) is 2.99. The van der Waals surface area contributed by atoms with Crippen molar-refractivity contribution in [1.82, 2.24) is 30.5 Å². The number of hydrogen-bond donors (Lipinski definition) is 1. The van der Waals surface area contributed by atoms with Gasteiger partial charge in [0.1, 0.15) is 0 Å². The van der Waals surface area contributed by atoms with Gasteiger partial charge < -0.3 is 5.32 Å². The van der Waals surface area contributed by atoms with Crippen LogP contribution in [0.15, 0.2) is 11.4 Å². The summed E-state index contributed by atoms with van der Waals surface area (Å²) < 4.78 is 1.81. The first-order valence-electron chi connectivity index (χ1n) is 5.24. The zero-order valence-corrected chi connectivity index (χ0v) is 11.4. The number of aryl methyl sites for hydroxylation is 1. The molecule has 2 rings (SSSR count). The van der Waals surface area contributed by atoms with Gasteiger partial charge in [-0.1, -0.05) is 11.8 Å². The number of hydrogen-bond acceptors (Lipinski definition) is 7. The Kier molecular flexibility index (Phi) is 4.46. The molecule has 0 bridgehead atoms. The van der Waals surface area contributed by atoms with Crippen molar-refractivity contribution in [2.24, 2.45) is 0 Å². The monoisotopic (exact) mass is 270 g/mol. The van der Waals surface area contributed by atoms with Crippen LogP contribution >= 0.6 is 23.1 Å². The second kappa shape index (κ2) is 6.08. The van der Waals surface area contributed by atoms with Gasteiger partial charge in [0.25, 0.3) is 0 Å². The van der Waals surface area contributed by atoms with E-state index >= 15 is 0 Å². The lowest BCUT2D eigenvalue weighted by Gasteiger charge is -2.02. The van der Waals surface area contributed by atoms with Crippen molar-refractivity contribution in [2.75, 3.05) is 13.6 Å². The Bertz CT molecular complexity index is 466. The molecule has 0 aliphatic carbocycles. The van der Waals surface area contributed by atoms with Gasteiger partial charge in [0.05, 0.1) is 11.6 Å². The average molecular weight is 270 g/mol. The first kappa shape index (κ1) is 12.5. The predicted octanol–water partition coefficient (Wildman–Crippen LogP) is 0.950. The van der Waals surface area contributed by atoms with Crippen molar-refractivity contribution in [2.45, 2.75) is 24.4 Å². The molecular formula is C9H14N6S2. The van der Waals surface area contributed by atoms with Crippen LogP contribution in [-0.2, 0) is 12.3 Å². The Morgan fingerprint density at radius 2 is 2.41 bits per heavy atom. The minimum absolute atomic E-state index is 0.785. The largest absolute Gasteiger partial charge is 0.318 e. The quantitative estimate of drug-likeness (QED) is 0.788. The average Bonchev–Trinajstić information content (AvgIpc) is 2.92. The molecule has 2 aromatic heterocycles. The maximum absolute atomic E-state index is 4.23. The Hall–Kier alpha value is -0.990. The number of likely N-dealkylation sites (N-methyl/N-ethyl adjacent to an activating group) is 1. The summed E-state index contributed by atoms with van der Waals surface area (Å²) in [6.45, 7) is 3.65. The molecule has 0 spiro atoms. The van der Waals surface area contributed by atoms with Crippen LogP contribution in [0, 0.1) is 6.92 Å². The molecule has 0 radical (unpaired) electrons. The summed E-state index contributed by atoms with van der Waals surface area (Å²) in [4.78, 5) is 5.47. The predicted molar refractivity (Wildman–Crippen MR) is 68.2 cm³/mol. The maximum atomic E-state index is 4.23. The molecule has 0 atom stereocenters. The molecule has 0 fully saturated rings. The van der Waals surface area contributed by atoms with E-state index in [1.807, 2.05) is 24.9 Å². The molecule has 0 aromatic carbocycles. The lowest BCUT2D eigenvalue weighted by atomic mass is 10.6. The van der Waals surface area contributed by atoms with E-state index in [0.29, 0.717) is 0 Å². The van der Waals surface area contributed by atoms with Crippen molar-refractivity contribution in [3.05, 3.63) is 16.1 Å². The minimum atomic E-state index is 0.785. The Morgan fingerprint density at radius 1 is 1.53 bits per heavy atom. The van der Waals surface area contributed by atoms with E-state index in [-0.39, 0.29) is 0 Å². The number of thioether (sulfide) groups is 1. The lowest BCUT2D eigenvalue weighted by Crippen LogP contribution is -2.16. The molecule has 0 aliphatic heterocycles. The maximum Gasteiger partial charge on any atom is 0.209 e. The summed E-state index contributed by atoms with van der Waals surface area (Å²) in [7, 11) is 1.91. The van der Waals surface area contributed by atoms with Crippen molar-refractivity contribution in [1.29, 1.82) is 0 Å². The Balaban J connectivity index is 1.92. The number of rotatable bonds is 6. The number of aromatic nitrogens is 5. The summed E-state index contributed by atoms with van der Waals surface area (Å²) in [5, 5.41) is 16.7. The zero-order valence-electron chi connectivity index (χ0n) is 9.75. The van der Waals surface area contributed by atoms with Crippen LogP contribution in [0.3, 0.4) is 0 Å². The summed E-state index contributed by atoms with van der Waals surface area (Å²) in [5.41, 5.74) is 0. The third kappa shape index (κ3) is 3.48. The van der Waals surface area contributed by atoms with E-state index in [0.717, 1.165) is 29.0 Å². The van der Waals surface area contributed by atoms with Crippen molar-refractivity contribution in [3.63, 3.8) is 0 Å². The molecule has 2 aromatic rings. The molecular weight excluding hydrogens is 256 g/mol. The summed E-state index contributed by atoms with van der Waals surface area (Å²) in [6.07, 6.45) is 1.91. The molecule has 92 valence electrons. The van der Waals surface area contributed by atoms with Crippen LogP contribution in [0.1, 0.15) is 9.88 Å². The second-order valence-corrected chi connectivity index (χ2v) is 5.68. The first-order valence-corrected chi connectivity index (χ1v) is 7.04. The van der Waals surface area contributed by atoms with E-state index in [1.165, 1.54) is 4.88 Å². The third-order valence-corrected chi connectivity index (χ3v) is 4.19. The van der Waals surface area contributed by atoms with E-state index < -0.39 is 0 Å². The molecule has 17 heavy (non-hydrogen) atoms. The van der Waals surface area contributed by atoms with Crippen LogP contribution in [0.5, 0.6) is 0 Å². The van der Waals surface area contributed by atoms with E-state index in [4.69, 9.17) is 0 Å². The van der Waals surface area contributed by atoms with Gasteiger partial charge in [-0.3, -0.25) is 0 Å². The topological polar surface area (TPSA) is 68.5 Å². The molecule has 8 heteroatoms. The summed E-state index contributed by atoms with van der Waals surface area (Å²) >= 11 is 3.35. The molecule has 0 saturated carbocycles. The van der Waals surface area contributed by atoms with Gasteiger partial charge >= 0.3 is 0 Å². The van der Waals surface area contributed by atoms with Crippen molar-refractivity contribution in [3.8, 4) is 0 Å². The normalized spacial score (nSPS) is 10.9. The van der Waals surface area contributed by atoms with Crippen LogP contribution in [0.2, 0.25) is 0 Å². The van der Waals surface area contributed by atoms with Crippen LogP contribution in [0.4, 0.5) is 0 Å². The van der Waals surface area contributed by atoms with Crippen LogP contribution in [-0.4, -0.2) is 38.8 Å². The van der Waals surface area contributed by atoms with Crippen LogP contribution in [0.25, 0.3) is 0 Å². The van der Waals surface area contributed by atoms with Gasteiger partial charge in [-0.15, -0.1) is 16.4 Å². The molecule has 6 nitrogen and oxygen atoms in total. The van der Waals surface area contributed by atoms with E-state index in [1.54, 1.807) is 23.1 Å². The highest BCUT2D eigenvalue weighted by Crippen LogP contribution is 2.23. The van der Waals surface area contributed by atoms with Crippen molar-refractivity contribution < 1.29 is 0 Å². The molecule has 0 aliphatic rings. The molecule has 1 N–H and O–H groups in total. The SMILES string of the molecule is CNCCn1nnnc1SCc1cnc(C)s1. The van der Waals surface area contributed by atoms with E-state index in [2.05, 4.69) is 25.8 Å². The zero-order chi connectivity index (χ0) is 12.1. The molecule has 2 heterocycles. The highest BCUT2D eigenvalue weighted by molar-refractivity contribution is 7.98. The van der Waals surface area contributed by atoms with Crippen LogP contribution < -0.4 is 5.32 Å². The smallest absolute Gasteiger partial charge is 0.209 e. The highest BCUT2D eigenvalue weighted by atomic mass is 32.2. The number of tetrazole rings is 1. The van der Waals surface area contributed by atoms with Gasteiger partial charge in [-0.2, -0.15) is 0 Å². The van der Waals surface area contributed by atoms with Gasteiger partial charge in [-0.25, -0.2) is 9.67 Å². The molecule has 0 unspecified atom stereocenters. The van der Waals surface area contributed by atoms with Gasteiger partial charge in [0.2, 0.25) is 5.16 Å². The number of nitrogens with one attached hydrogen (secondary N) is 1. The fraction of sp³-hybridized carbons (Fsp3) is 0.556. The van der Waals surface area contributed by atoms with Gasteiger partial charge in [0.15, 0.2) is 0 Å². The standard InChI is InChI=1S/C9H14N6S2/c1-7-11-5-8(17-7)6-16-9-12-13-14-15(9)4-3-10-2/h5,10H,3-4,6H2,1-2H3. The van der Waals surface area contributed by atoms with Gasteiger partial charge in [-0.05, 0) is 24.4 Å². The third-order valence-electron chi connectivity index (χ3n) is 2.09. The van der Waals surface area contributed by atoms with Gasteiger partial charge in [0, 0.05) is 23.4 Å². The number of thiazole rings is 1. The fourth-order valence-electron chi connectivity index (χ4n) is 1.27.